The molecule has 0 amide bonds. The number of nitrogens with zero attached hydrogens (tertiary/aromatic N) is 3. The summed E-state index contributed by atoms with van der Waals surface area (Å²) in [5, 5.41) is 0.933. The highest BCUT2D eigenvalue weighted by atomic mass is 16.5. The Labute approximate surface area is 226 Å². The number of rotatable bonds is 6. The maximum Gasteiger partial charge on any atom is 0.265 e. The van der Waals surface area contributed by atoms with Gasteiger partial charge in [0.2, 0.25) is 0 Å². The fourth-order valence-electron chi connectivity index (χ4n) is 4.68. The van der Waals surface area contributed by atoms with Crippen molar-refractivity contribution in [3.63, 3.8) is 0 Å². The molecule has 0 bridgehead atoms. The Morgan fingerprint density at radius 2 is 1.36 bits per heavy atom. The summed E-state index contributed by atoms with van der Waals surface area (Å²) in [5.41, 5.74) is 5.48. The van der Waals surface area contributed by atoms with Gasteiger partial charge in [-0.2, -0.15) is 0 Å². The second-order valence-electron chi connectivity index (χ2n) is 9.03. The van der Waals surface area contributed by atoms with Crippen LogP contribution in [0.1, 0.15) is 11.1 Å². The molecule has 0 fully saturated rings. The summed E-state index contributed by atoms with van der Waals surface area (Å²) in [7, 11) is 1.65. The Balaban J connectivity index is 1.52. The molecule has 0 aliphatic rings. The molecular formula is C34H25N3O2. The first-order valence-electron chi connectivity index (χ1n) is 12.7. The maximum absolute atomic E-state index is 13.9. The highest BCUT2D eigenvalue weighted by Crippen LogP contribution is 2.31. The van der Waals surface area contributed by atoms with Gasteiger partial charge in [-0.25, -0.2) is 9.97 Å². The van der Waals surface area contributed by atoms with E-state index in [9.17, 15) is 4.79 Å². The van der Waals surface area contributed by atoms with Crippen LogP contribution in [-0.4, -0.2) is 21.6 Å². The van der Waals surface area contributed by atoms with Crippen molar-refractivity contribution in [3.8, 4) is 34.1 Å². The van der Waals surface area contributed by atoms with Crippen molar-refractivity contribution in [1.29, 1.82) is 0 Å². The zero-order chi connectivity index (χ0) is 26.6. The van der Waals surface area contributed by atoms with Crippen molar-refractivity contribution < 1.29 is 4.74 Å². The minimum atomic E-state index is -0.148. The minimum absolute atomic E-state index is 0.148. The van der Waals surface area contributed by atoms with E-state index in [0.29, 0.717) is 17.1 Å². The lowest BCUT2D eigenvalue weighted by Gasteiger charge is -2.13. The number of hydrogen-bond donors (Lipinski definition) is 0. The number of ether oxygens (including phenoxy) is 1. The number of pyridine rings is 1. The first-order valence-corrected chi connectivity index (χ1v) is 12.7. The van der Waals surface area contributed by atoms with Gasteiger partial charge < -0.3 is 4.74 Å². The fraction of sp³-hybridized carbons (Fsp3) is 0.0294. The molecule has 6 rings (SSSR count). The topological polar surface area (TPSA) is 57.0 Å². The smallest absolute Gasteiger partial charge is 0.265 e. The molecule has 2 aromatic heterocycles. The number of methoxy groups -OCH3 is 1. The van der Waals surface area contributed by atoms with Crippen LogP contribution in [0.2, 0.25) is 0 Å². The molecule has 0 N–H and O–H groups in total. The lowest BCUT2D eigenvalue weighted by atomic mass is 10.0. The van der Waals surface area contributed by atoms with E-state index in [-0.39, 0.29) is 5.56 Å². The SMILES string of the molecule is COc1cccc2c(/C=C/c3cnc(-c4ccccc4)n(-c4ccccc4)c3=O)cc(-c3ccccc3)nc12. The van der Waals surface area contributed by atoms with Gasteiger partial charge in [0.15, 0.2) is 0 Å². The Kier molecular flexibility index (Phi) is 6.54. The molecule has 0 spiro atoms. The molecule has 6 aromatic rings. The molecular weight excluding hydrogens is 482 g/mol. The summed E-state index contributed by atoms with van der Waals surface area (Å²) in [4.78, 5) is 23.5. The van der Waals surface area contributed by atoms with Crippen LogP contribution in [-0.2, 0) is 0 Å². The van der Waals surface area contributed by atoms with E-state index >= 15 is 0 Å². The van der Waals surface area contributed by atoms with E-state index < -0.39 is 0 Å². The Morgan fingerprint density at radius 1 is 0.718 bits per heavy atom. The average Bonchev–Trinajstić information content (AvgIpc) is 3.01. The van der Waals surface area contributed by atoms with Gasteiger partial charge in [-0.15, -0.1) is 0 Å². The second kappa shape index (κ2) is 10.6. The molecule has 0 aliphatic carbocycles. The van der Waals surface area contributed by atoms with E-state index in [1.54, 1.807) is 17.9 Å². The Morgan fingerprint density at radius 3 is 2.05 bits per heavy atom. The molecule has 188 valence electrons. The zero-order valence-electron chi connectivity index (χ0n) is 21.4. The van der Waals surface area contributed by atoms with E-state index in [2.05, 4.69) is 0 Å². The van der Waals surface area contributed by atoms with Crippen LogP contribution in [0.4, 0.5) is 0 Å². The predicted molar refractivity (Wildman–Crippen MR) is 158 cm³/mol. The minimum Gasteiger partial charge on any atom is -0.494 e. The number of para-hydroxylation sites is 2. The lowest BCUT2D eigenvalue weighted by molar-refractivity contribution is 0.419. The molecule has 0 unspecified atom stereocenters. The van der Waals surface area contributed by atoms with Gasteiger partial charge in [0, 0.05) is 22.7 Å². The molecule has 2 heterocycles. The maximum atomic E-state index is 13.9. The predicted octanol–water partition coefficient (Wildman–Crippen LogP) is 7.29. The van der Waals surface area contributed by atoms with Crippen molar-refractivity contribution in [2.45, 2.75) is 0 Å². The molecule has 0 saturated heterocycles. The zero-order valence-corrected chi connectivity index (χ0v) is 21.4. The van der Waals surface area contributed by atoms with Crippen LogP contribution in [0, 0.1) is 0 Å². The normalized spacial score (nSPS) is 11.2. The summed E-state index contributed by atoms with van der Waals surface area (Å²) < 4.78 is 7.29. The fourth-order valence-corrected chi connectivity index (χ4v) is 4.68. The monoisotopic (exact) mass is 507 g/mol. The first-order chi connectivity index (χ1) is 19.2. The van der Waals surface area contributed by atoms with Gasteiger partial charge in [0.25, 0.3) is 5.56 Å². The summed E-state index contributed by atoms with van der Waals surface area (Å²) in [6.07, 6.45) is 5.42. The van der Waals surface area contributed by atoms with Crippen molar-refractivity contribution in [2.75, 3.05) is 7.11 Å². The molecule has 0 saturated carbocycles. The molecule has 39 heavy (non-hydrogen) atoms. The summed E-state index contributed by atoms with van der Waals surface area (Å²) >= 11 is 0. The number of benzene rings is 4. The first kappa shape index (κ1) is 24.1. The third-order valence-electron chi connectivity index (χ3n) is 6.60. The summed E-state index contributed by atoms with van der Waals surface area (Å²) in [6, 6.07) is 37.3. The number of hydrogen-bond acceptors (Lipinski definition) is 4. The van der Waals surface area contributed by atoms with Crippen molar-refractivity contribution in [3.05, 3.63) is 143 Å². The lowest BCUT2D eigenvalue weighted by Crippen LogP contribution is -2.23. The van der Waals surface area contributed by atoms with E-state index in [0.717, 1.165) is 39.0 Å². The van der Waals surface area contributed by atoms with E-state index in [1.165, 1.54) is 0 Å². The highest BCUT2D eigenvalue weighted by Gasteiger charge is 2.14. The van der Waals surface area contributed by atoms with Crippen LogP contribution < -0.4 is 10.3 Å². The van der Waals surface area contributed by atoms with Gasteiger partial charge in [0.1, 0.15) is 17.1 Å². The van der Waals surface area contributed by atoms with Crippen molar-refractivity contribution in [2.24, 2.45) is 0 Å². The van der Waals surface area contributed by atoms with Crippen LogP contribution >= 0.6 is 0 Å². The molecule has 0 atom stereocenters. The van der Waals surface area contributed by atoms with Gasteiger partial charge in [-0.3, -0.25) is 9.36 Å². The summed E-state index contributed by atoms with van der Waals surface area (Å²) in [6.45, 7) is 0. The quantitative estimate of drug-likeness (QED) is 0.237. The highest BCUT2D eigenvalue weighted by molar-refractivity contribution is 5.95. The number of fused-ring (bicyclic) bond motifs is 1. The van der Waals surface area contributed by atoms with E-state index in [1.807, 2.05) is 127 Å². The van der Waals surface area contributed by atoms with E-state index in [4.69, 9.17) is 14.7 Å². The van der Waals surface area contributed by atoms with Gasteiger partial charge in [-0.05, 0) is 35.9 Å². The van der Waals surface area contributed by atoms with Crippen molar-refractivity contribution >= 4 is 23.1 Å². The molecule has 5 nitrogen and oxygen atoms in total. The van der Waals surface area contributed by atoms with Crippen LogP contribution in [0.25, 0.3) is 51.4 Å². The van der Waals surface area contributed by atoms with Gasteiger partial charge in [0.05, 0.1) is 24.1 Å². The van der Waals surface area contributed by atoms with Gasteiger partial charge in [-0.1, -0.05) is 97.1 Å². The average molecular weight is 508 g/mol. The number of aromatic nitrogens is 3. The van der Waals surface area contributed by atoms with Crippen LogP contribution in [0.3, 0.4) is 0 Å². The summed E-state index contributed by atoms with van der Waals surface area (Å²) in [5.74, 6) is 1.29. The Hall–Kier alpha value is -5.29. The second-order valence-corrected chi connectivity index (χ2v) is 9.03. The third kappa shape index (κ3) is 4.74. The van der Waals surface area contributed by atoms with Crippen LogP contribution in [0.15, 0.2) is 126 Å². The van der Waals surface area contributed by atoms with Crippen molar-refractivity contribution in [1.82, 2.24) is 14.5 Å². The Bertz CT molecular complexity index is 1850. The third-order valence-corrected chi connectivity index (χ3v) is 6.60. The van der Waals surface area contributed by atoms with Gasteiger partial charge >= 0.3 is 0 Å². The standard InChI is InChI=1S/C34H25N3O2/c1-39-31-19-11-18-29-26(22-30(36-32(29)31)24-12-5-2-6-13-24)20-21-27-23-35-33(25-14-7-3-8-15-25)37(34(27)38)28-16-9-4-10-17-28/h2-23H,1H3/b21-20+. The van der Waals surface area contributed by atoms with Crippen LogP contribution in [0.5, 0.6) is 5.75 Å². The molecule has 0 aliphatic heterocycles. The molecule has 4 aromatic carbocycles. The largest absolute Gasteiger partial charge is 0.494 e. The molecule has 0 radical (unpaired) electrons. The molecule has 5 heteroatoms.